The third-order valence-electron chi connectivity index (χ3n) is 2.90. The van der Waals surface area contributed by atoms with Crippen LogP contribution in [-0.4, -0.2) is 21.6 Å². The van der Waals surface area contributed by atoms with Gasteiger partial charge in [0.15, 0.2) is 0 Å². The molecule has 0 saturated heterocycles. The van der Waals surface area contributed by atoms with E-state index in [0.717, 1.165) is 5.39 Å². The van der Waals surface area contributed by atoms with Crippen molar-refractivity contribution in [2.75, 3.05) is 5.32 Å². The zero-order valence-electron chi connectivity index (χ0n) is 8.43. The third-order valence-corrected chi connectivity index (χ3v) is 2.90. The van der Waals surface area contributed by atoms with Crippen molar-refractivity contribution in [1.29, 1.82) is 0 Å². The zero-order valence-corrected chi connectivity index (χ0v) is 8.43. The first-order chi connectivity index (χ1) is 7.71. The summed E-state index contributed by atoms with van der Waals surface area (Å²) in [5.74, 6) is -0.249. The minimum Gasteiger partial charge on any atom is -0.480 e. The predicted octanol–water partition coefficient (Wildman–Crippen LogP) is 1.86. The van der Waals surface area contributed by atoms with Crippen molar-refractivity contribution in [1.82, 2.24) is 4.98 Å². The van der Waals surface area contributed by atoms with E-state index in [1.165, 1.54) is 0 Å². The maximum atomic E-state index is 11.0. The standard InChI is InChI=1S/C11H10N2O3/c14-10(15)11(3-4-11)13-9-7-2-6-16-8(7)1-5-12-9/h1-2,5-6H,3-4H2,(H,12,13)(H,14,15). The first kappa shape index (κ1) is 9.21. The van der Waals surface area contributed by atoms with E-state index >= 15 is 0 Å². The minimum atomic E-state index is -0.824. The molecule has 0 aromatic carbocycles. The molecule has 16 heavy (non-hydrogen) atoms. The molecule has 0 bridgehead atoms. The first-order valence-electron chi connectivity index (χ1n) is 5.05. The SMILES string of the molecule is O=C(O)C1(Nc2nccc3occc23)CC1. The highest BCUT2D eigenvalue weighted by atomic mass is 16.4. The molecule has 0 radical (unpaired) electrons. The Morgan fingerprint density at radius 3 is 3.00 bits per heavy atom. The molecule has 2 aromatic heterocycles. The van der Waals surface area contributed by atoms with Crippen LogP contribution in [-0.2, 0) is 4.79 Å². The topological polar surface area (TPSA) is 75.4 Å². The van der Waals surface area contributed by atoms with Crippen LogP contribution in [0.15, 0.2) is 29.0 Å². The van der Waals surface area contributed by atoms with Crippen LogP contribution >= 0.6 is 0 Å². The fraction of sp³-hybridized carbons (Fsp3) is 0.273. The molecule has 0 aliphatic heterocycles. The van der Waals surface area contributed by atoms with Crippen LogP contribution in [0, 0.1) is 0 Å². The summed E-state index contributed by atoms with van der Waals surface area (Å²) in [5.41, 5.74) is -0.114. The molecule has 5 heteroatoms. The second-order valence-electron chi connectivity index (χ2n) is 4.00. The van der Waals surface area contributed by atoms with Crippen LogP contribution in [0.5, 0.6) is 0 Å². The number of fused-ring (bicyclic) bond motifs is 1. The summed E-state index contributed by atoms with van der Waals surface area (Å²) in [6.07, 6.45) is 4.44. The summed E-state index contributed by atoms with van der Waals surface area (Å²) >= 11 is 0. The van der Waals surface area contributed by atoms with Gasteiger partial charge in [-0.1, -0.05) is 0 Å². The van der Waals surface area contributed by atoms with E-state index in [0.29, 0.717) is 24.2 Å². The molecule has 0 amide bonds. The highest BCUT2D eigenvalue weighted by molar-refractivity contribution is 5.92. The lowest BCUT2D eigenvalue weighted by molar-refractivity contribution is -0.138. The van der Waals surface area contributed by atoms with E-state index in [2.05, 4.69) is 10.3 Å². The quantitative estimate of drug-likeness (QED) is 0.822. The second kappa shape index (κ2) is 2.98. The fourth-order valence-electron chi connectivity index (χ4n) is 1.74. The Hall–Kier alpha value is -2.04. The van der Waals surface area contributed by atoms with Crippen LogP contribution < -0.4 is 5.32 Å². The average molecular weight is 218 g/mol. The number of carboxylic acids is 1. The van der Waals surface area contributed by atoms with Gasteiger partial charge in [-0.15, -0.1) is 0 Å². The van der Waals surface area contributed by atoms with Crippen molar-refractivity contribution in [2.24, 2.45) is 0 Å². The van der Waals surface area contributed by atoms with Gasteiger partial charge >= 0.3 is 5.97 Å². The van der Waals surface area contributed by atoms with Gasteiger partial charge in [0, 0.05) is 6.20 Å². The number of hydrogen-bond donors (Lipinski definition) is 2. The van der Waals surface area contributed by atoms with Gasteiger partial charge in [-0.25, -0.2) is 9.78 Å². The predicted molar refractivity (Wildman–Crippen MR) is 57.2 cm³/mol. The number of aromatic nitrogens is 1. The van der Waals surface area contributed by atoms with Crippen LogP contribution in [0.2, 0.25) is 0 Å². The molecular weight excluding hydrogens is 208 g/mol. The molecule has 2 N–H and O–H groups in total. The highest BCUT2D eigenvalue weighted by Gasteiger charge is 2.51. The monoisotopic (exact) mass is 218 g/mol. The Labute approximate surface area is 91.1 Å². The van der Waals surface area contributed by atoms with Gasteiger partial charge in [0.05, 0.1) is 11.6 Å². The third kappa shape index (κ3) is 1.25. The molecule has 1 aliphatic carbocycles. The van der Waals surface area contributed by atoms with E-state index in [9.17, 15) is 4.79 Å². The van der Waals surface area contributed by atoms with E-state index < -0.39 is 11.5 Å². The Balaban J connectivity index is 2.01. The lowest BCUT2D eigenvalue weighted by Crippen LogP contribution is -2.31. The molecule has 2 heterocycles. The summed E-state index contributed by atoms with van der Waals surface area (Å²) in [4.78, 5) is 15.2. The van der Waals surface area contributed by atoms with Gasteiger partial charge in [0.25, 0.3) is 0 Å². The fourth-order valence-corrected chi connectivity index (χ4v) is 1.74. The van der Waals surface area contributed by atoms with E-state index in [-0.39, 0.29) is 0 Å². The van der Waals surface area contributed by atoms with Crippen molar-refractivity contribution < 1.29 is 14.3 Å². The molecule has 2 aromatic rings. The molecule has 3 rings (SSSR count). The smallest absolute Gasteiger partial charge is 0.329 e. The van der Waals surface area contributed by atoms with Crippen molar-refractivity contribution in [3.8, 4) is 0 Å². The number of anilines is 1. The van der Waals surface area contributed by atoms with Gasteiger partial charge in [0.1, 0.15) is 16.9 Å². The second-order valence-corrected chi connectivity index (χ2v) is 4.00. The van der Waals surface area contributed by atoms with Gasteiger partial charge in [-0.2, -0.15) is 0 Å². The van der Waals surface area contributed by atoms with Crippen molar-refractivity contribution in [3.05, 3.63) is 24.6 Å². The number of carboxylic acid groups (broad SMARTS) is 1. The minimum absolute atomic E-state index is 0.575. The lowest BCUT2D eigenvalue weighted by Gasteiger charge is -2.13. The van der Waals surface area contributed by atoms with Crippen LogP contribution in [0.1, 0.15) is 12.8 Å². The molecule has 0 unspecified atom stereocenters. The number of hydrogen-bond acceptors (Lipinski definition) is 4. The van der Waals surface area contributed by atoms with Crippen molar-refractivity contribution in [2.45, 2.75) is 18.4 Å². The van der Waals surface area contributed by atoms with Gasteiger partial charge in [-0.05, 0) is 25.0 Å². The van der Waals surface area contributed by atoms with Gasteiger partial charge in [0.2, 0.25) is 0 Å². The molecular formula is C11H10N2O3. The Morgan fingerprint density at radius 2 is 2.31 bits per heavy atom. The van der Waals surface area contributed by atoms with E-state index in [4.69, 9.17) is 9.52 Å². The summed E-state index contributed by atoms with van der Waals surface area (Å²) in [7, 11) is 0. The Bertz CT molecular complexity index is 557. The highest BCUT2D eigenvalue weighted by Crippen LogP contribution is 2.40. The summed E-state index contributed by atoms with van der Waals surface area (Å²) in [5, 5.41) is 12.9. The maximum absolute atomic E-state index is 11.0. The van der Waals surface area contributed by atoms with Gasteiger partial charge in [-0.3, -0.25) is 0 Å². The number of furan rings is 1. The number of pyridine rings is 1. The Morgan fingerprint density at radius 1 is 1.50 bits per heavy atom. The van der Waals surface area contributed by atoms with Crippen LogP contribution in [0.3, 0.4) is 0 Å². The molecule has 1 aliphatic rings. The number of aliphatic carboxylic acids is 1. The number of carbonyl (C=O) groups is 1. The van der Waals surface area contributed by atoms with Crippen LogP contribution in [0.25, 0.3) is 11.0 Å². The molecule has 82 valence electrons. The van der Waals surface area contributed by atoms with Crippen LogP contribution in [0.4, 0.5) is 5.82 Å². The number of rotatable bonds is 3. The molecule has 0 atom stereocenters. The van der Waals surface area contributed by atoms with Gasteiger partial charge < -0.3 is 14.8 Å². The normalized spacial score (nSPS) is 17.2. The largest absolute Gasteiger partial charge is 0.480 e. The molecule has 1 saturated carbocycles. The number of nitrogens with one attached hydrogen (secondary N) is 1. The van der Waals surface area contributed by atoms with Crippen molar-refractivity contribution >= 4 is 22.8 Å². The maximum Gasteiger partial charge on any atom is 0.329 e. The number of nitrogens with zero attached hydrogens (tertiary/aromatic N) is 1. The summed E-state index contributed by atoms with van der Waals surface area (Å²) in [6, 6.07) is 3.53. The zero-order chi connectivity index (χ0) is 11.2. The first-order valence-corrected chi connectivity index (χ1v) is 5.05. The Kier molecular flexibility index (Phi) is 1.71. The lowest BCUT2D eigenvalue weighted by atomic mass is 10.2. The summed E-state index contributed by atoms with van der Waals surface area (Å²) < 4.78 is 5.23. The molecule has 1 fully saturated rings. The van der Waals surface area contributed by atoms with E-state index in [1.54, 1.807) is 24.6 Å². The molecule has 5 nitrogen and oxygen atoms in total. The van der Waals surface area contributed by atoms with E-state index in [1.807, 2.05) is 0 Å². The molecule has 0 spiro atoms. The van der Waals surface area contributed by atoms with Crippen molar-refractivity contribution in [3.63, 3.8) is 0 Å². The summed E-state index contributed by atoms with van der Waals surface area (Å²) in [6.45, 7) is 0. The average Bonchev–Trinajstić information content (AvgIpc) is 2.89.